The van der Waals surface area contributed by atoms with E-state index in [1.54, 1.807) is 37.8 Å². The van der Waals surface area contributed by atoms with E-state index in [1.165, 1.54) is 33.3 Å². The van der Waals surface area contributed by atoms with Crippen molar-refractivity contribution in [3.8, 4) is 16.2 Å². The number of aryl methyl sites for hydroxylation is 1. The number of H-pyrrole nitrogens is 1. The zero-order valence-corrected chi connectivity index (χ0v) is 43.5. The average Bonchev–Trinajstić information content (AvgIpc) is 3.58. The normalized spacial score (nSPS) is 17.4. The lowest BCUT2D eigenvalue weighted by molar-refractivity contribution is -0.145. The molecular formula is C55H70FN7O8S. The van der Waals surface area contributed by atoms with Crippen LogP contribution in [-0.4, -0.2) is 116 Å². The Labute approximate surface area is 425 Å². The lowest BCUT2D eigenvalue weighted by Gasteiger charge is -2.35. The molecule has 0 spiro atoms. The van der Waals surface area contributed by atoms with Crippen molar-refractivity contribution in [3.05, 3.63) is 112 Å². The number of hydrogen-bond acceptors (Lipinski definition) is 11. The Bertz CT molecular complexity index is 2740. The molecule has 1 saturated heterocycles. The molecule has 1 saturated carbocycles. The van der Waals surface area contributed by atoms with Crippen LogP contribution in [0.2, 0.25) is 0 Å². The van der Waals surface area contributed by atoms with Gasteiger partial charge in [0.2, 0.25) is 11.8 Å². The van der Waals surface area contributed by atoms with Crippen LogP contribution in [0.5, 0.6) is 5.75 Å². The highest BCUT2D eigenvalue weighted by Crippen LogP contribution is 2.41. The van der Waals surface area contributed by atoms with Gasteiger partial charge in [0, 0.05) is 73.3 Å². The molecule has 7 rings (SSSR count). The van der Waals surface area contributed by atoms with Gasteiger partial charge in [-0.2, -0.15) is 0 Å². The van der Waals surface area contributed by atoms with Gasteiger partial charge in [0.15, 0.2) is 5.67 Å². The van der Waals surface area contributed by atoms with Gasteiger partial charge in [-0.05, 0) is 85.9 Å². The number of aromatic amines is 1. The number of thiazole rings is 1. The molecule has 0 radical (unpaired) electrons. The molecule has 2 aromatic heterocycles. The summed E-state index contributed by atoms with van der Waals surface area (Å²) >= 11 is 1.52. The number of aromatic nitrogens is 2. The maximum absolute atomic E-state index is 14.7. The maximum Gasteiger partial charge on any atom is 0.267 e. The number of para-hydroxylation sites is 1. The molecular weight excluding hydrogens is 938 g/mol. The van der Waals surface area contributed by atoms with Crippen LogP contribution in [0.4, 0.5) is 4.39 Å². The fraction of sp³-hybridized carbons (Fsp3) is 0.473. The van der Waals surface area contributed by atoms with E-state index < -0.39 is 58.5 Å². The topological polar surface area (TPSA) is 198 Å². The minimum atomic E-state index is -1.99. The van der Waals surface area contributed by atoms with Crippen LogP contribution in [0.1, 0.15) is 95.7 Å². The van der Waals surface area contributed by atoms with Gasteiger partial charge in [-0.1, -0.05) is 89.2 Å². The number of amides is 4. The molecule has 0 bridgehead atoms. The number of nitrogens with zero attached hydrogens (tertiary/aromatic N) is 3. The second-order valence-corrected chi connectivity index (χ2v) is 22.7. The van der Waals surface area contributed by atoms with Crippen molar-refractivity contribution in [1.82, 2.24) is 35.9 Å². The number of β-amino-alcohol motifs (C(OH)–C–C–N with tert-alkyl or cyclic N) is 1. The highest BCUT2D eigenvalue weighted by molar-refractivity contribution is 7.13. The SMILES string of the molecule is Cc1ncsc1-c1ccc(CNC(=O)[C@@H]2C[C@@H](O)CN2C(=O)[C@@H](NC(=O)C2(F)CC2)C(C)(C)C)c(OC(C)(C)COCC(C)(C)CN(CCc2c[nH]c3ccccc23)Cc2ccc(/C=C/C(=O)NO)cc2)c1. The van der Waals surface area contributed by atoms with Crippen LogP contribution in [-0.2, 0) is 43.4 Å². The zero-order valence-electron chi connectivity index (χ0n) is 42.6. The van der Waals surface area contributed by atoms with Crippen LogP contribution < -0.4 is 20.9 Å². The number of rotatable bonds is 22. The molecule has 2 fully saturated rings. The summed E-state index contributed by atoms with van der Waals surface area (Å²) in [7, 11) is 0. The molecule has 1 aliphatic heterocycles. The van der Waals surface area contributed by atoms with Crippen LogP contribution in [0.15, 0.2) is 84.5 Å². The summed E-state index contributed by atoms with van der Waals surface area (Å²) in [5.41, 5.74) is 6.24. The van der Waals surface area contributed by atoms with Gasteiger partial charge in [0.05, 0.1) is 35.4 Å². The van der Waals surface area contributed by atoms with Crippen LogP contribution in [0.25, 0.3) is 27.4 Å². The Hall–Kier alpha value is -5.98. The molecule has 17 heteroatoms. The number of aliphatic hydroxyl groups excluding tert-OH is 1. The fourth-order valence-corrected chi connectivity index (χ4v) is 9.92. The van der Waals surface area contributed by atoms with Crippen molar-refractivity contribution in [1.29, 1.82) is 0 Å². The molecule has 5 aromatic rings. The summed E-state index contributed by atoms with van der Waals surface area (Å²) in [5, 5.41) is 26.4. The quantitative estimate of drug-likeness (QED) is 0.0227. The van der Waals surface area contributed by atoms with Gasteiger partial charge >= 0.3 is 0 Å². The molecule has 3 heterocycles. The maximum atomic E-state index is 14.7. The van der Waals surface area contributed by atoms with E-state index >= 15 is 0 Å². The number of nitrogens with one attached hydrogen (secondary N) is 4. The number of carbonyl (C=O) groups excluding carboxylic acids is 4. The van der Waals surface area contributed by atoms with Crippen molar-refractivity contribution >= 4 is 51.9 Å². The minimum absolute atomic E-state index is 0.00487. The van der Waals surface area contributed by atoms with Crippen molar-refractivity contribution in [3.63, 3.8) is 0 Å². The Balaban J connectivity index is 1.02. The van der Waals surface area contributed by atoms with E-state index in [1.807, 2.05) is 69.3 Å². The van der Waals surface area contributed by atoms with Gasteiger partial charge < -0.3 is 35.1 Å². The smallest absolute Gasteiger partial charge is 0.267 e. The van der Waals surface area contributed by atoms with Crippen molar-refractivity contribution < 1.29 is 43.4 Å². The van der Waals surface area contributed by atoms with Gasteiger partial charge in [0.25, 0.3) is 11.8 Å². The molecule has 1 aliphatic carbocycles. The molecule has 386 valence electrons. The first-order valence-corrected chi connectivity index (χ1v) is 25.5. The largest absolute Gasteiger partial charge is 0.485 e. The second kappa shape index (κ2) is 22.4. The molecule has 0 unspecified atom stereocenters. The molecule has 4 amide bonds. The number of fused-ring (bicyclic) bond motifs is 1. The van der Waals surface area contributed by atoms with Gasteiger partial charge in [0.1, 0.15) is 23.4 Å². The van der Waals surface area contributed by atoms with Crippen LogP contribution in [0.3, 0.4) is 0 Å². The van der Waals surface area contributed by atoms with Gasteiger partial charge in [-0.3, -0.25) is 29.3 Å². The number of carbonyl (C=O) groups is 4. The molecule has 2 aliphatic rings. The summed E-state index contributed by atoms with van der Waals surface area (Å²) in [6, 6.07) is 19.9. The number of hydroxylamine groups is 1. The first-order valence-electron chi connectivity index (χ1n) is 24.6. The molecule has 72 heavy (non-hydrogen) atoms. The van der Waals surface area contributed by atoms with E-state index in [4.69, 9.17) is 14.7 Å². The average molecular weight is 1010 g/mol. The number of aliphatic hydroxyl groups is 1. The molecule has 3 aromatic carbocycles. The lowest BCUT2D eigenvalue weighted by Crippen LogP contribution is -2.59. The van der Waals surface area contributed by atoms with Gasteiger partial charge in [-0.25, -0.2) is 14.9 Å². The van der Waals surface area contributed by atoms with E-state index in [0.717, 1.165) is 52.3 Å². The minimum Gasteiger partial charge on any atom is -0.485 e. The monoisotopic (exact) mass is 1010 g/mol. The predicted molar refractivity (Wildman–Crippen MR) is 277 cm³/mol. The summed E-state index contributed by atoms with van der Waals surface area (Å²) in [6.07, 6.45) is 5.07. The molecule has 3 atom stereocenters. The van der Waals surface area contributed by atoms with Crippen molar-refractivity contribution in [2.75, 3.05) is 32.8 Å². The van der Waals surface area contributed by atoms with E-state index in [-0.39, 0.29) is 44.4 Å². The fourth-order valence-electron chi connectivity index (χ4n) is 9.12. The number of ether oxygens (including phenoxy) is 2. The number of halogens is 1. The number of hydrogen-bond donors (Lipinski definition) is 6. The summed E-state index contributed by atoms with van der Waals surface area (Å²) in [6.45, 7) is 18.3. The third-order valence-corrected chi connectivity index (χ3v) is 14.1. The van der Waals surface area contributed by atoms with E-state index in [0.29, 0.717) is 24.5 Å². The van der Waals surface area contributed by atoms with Crippen LogP contribution >= 0.6 is 11.3 Å². The van der Waals surface area contributed by atoms with Crippen molar-refractivity contribution in [2.24, 2.45) is 10.8 Å². The van der Waals surface area contributed by atoms with E-state index in [9.17, 15) is 28.7 Å². The second-order valence-electron chi connectivity index (χ2n) is 21.8. The Kier molecular flexibility index (Phi) is 16.8. The zero-order chi connectivity index (χ0) is 52.0. The summed E-state index contributed by atoms with van der Waals surface area (Å²) in [4.78, 5) is 65.0. The number of benzene rings is 3. The molecule has 6 N–H and O–H groups in total. The third kappa shape index (κ3) is 13.9. The van der Waals surface area contributed by atoms with E-state index in [2.05, 4.69) is 63.7 Å². The Morgan fingerprint density at radius 3 is 2.43 bits per heavy atom. The number of alkyl halides is 1. The van der Waals surface area contributed by atoms with Crippen molar-refractivity contribution in [2.45, 2.75) is 124 Å². The predicted octanol–water partition coefficient (Wildman–Crippen LogP) is 7.67. The standard InChI is InChI=1S/C55H70FN7O8S/c1-35-47(72-34-59-35)38-18-19-40(28-58-49(66)44-26-41(64)30-63(44)50(67)48(52(2,3)4)60-51(68)55(56)22-23-55)45(25-38)71-54(7,8)33-70-32-53(5,6)31-62(24-21-39-27-57-43-12-10-9-11-42(39)43)29-37-15-13-36(14-16-37)17-20-46(65)61-69/h9-20,25,27,34,41,44,48,57,64,69H,21-24,26,28-33H2,1-8H3,(H,58,66)(H,60,68)(H,61,65)/b20-17+/t41-,44+,48-/m1/s1. The first-order chi connectivity index (χ1) is 34.0. The first kappa shape index (κ1) is 53.8. The molecule has 15 nitrogen and oxygen atoms in total. The Morgan fingerprint density at radius 1 is 1.01 bits per heavy atom. The Morgan fingerprint density at radius 2 is 1.75 bits per heavy atom. The number of likely N-dealkylation sites (tertiary alicyclic amines) is 1. The lowest BCUT2D eigenvalue weighted by atomic mass is 9.85. The summed E-state index contributed by atoms with van der Waals surface area (Å²) in [5.74, 6) is -1.93. The third-order valence-electron chi connectivity index (χ3n) is 13.2. The highest BCUT2D eigenvalue weighted by atomic mass is 32.1. The van der Waals surface area contributed by atoms with Gasteiger partial charge in [-0.15, -0.1) is 11.3 Å². The highest BCUT2D eigenvalue weighted by Gasteiger charge is 2.53. The summed E-state index contributed by atoms with van der Waals surface area (Å²) < 4.78 is 28.1. The van der Waals surface area contributed by atoms with Crippen LogP contribution in [0, 0.1) is 17.8 Å².